The maximum Gasteiger partial charge on any atom is 0.225 e. The zero-order chi connectivity index (χ0) is 24.9. The van der Waals surface area contributed by atoms with Crippen LogP contribution in [0, 0.1) is 0 Å². The van der Waals surface area contributed by atoms with Crippen LogP contribution in [0.2, 0.25) is 0 Å². The van der Waals surface area contributed by atoms with Gasteiger partial charge in [0.05, 0.1) is 5.69 Å². The fourth-order valence-electron chi connectivity index (χ4n) is 5.38. The number of fused-ring (bicyclic) bond motifs is 1. The number of nitrogens with zero attached hydrogens (tertiary/aromatic N) is 3. The third-order valence-corrected chi connectivity index (χ3v) is 7.46. The van der Waals surface area contributed by atoms with Gasteiger partial charge < -0.3 is 20.9 Å². The SMILES string of the molecule is CN(C)c1nc(NC2CCC(NC(=S)Nc3ccccc3-c3ccccc3)CC2)nc2c1CCCC2. The van der Waals surface area contributed by atoms with Crippen molar-refractivity contribution in [3.63, 3.8) is 0 Å². The summed E-state index contributed by atoms with van der Waals surface area (Å²) in [6.45, 7) is 0. The molecule has 0 atom stereocenters. The fraction of sp³-hybridized carbons (Fsp3) is 0.414. The molecule has 0 bridgehead atoms. The molecule has 0 amide bonds. The van der Waals surface area contributed by atoms with Gasteiger partial charge in [-0.25, -0.2) is 4.98 Å². The first-order chi connectivity index (χ1) is 17.6. The van der Waals surface area contributed by atoms with Crippen molar-refractivity contribution in [3.05, 3.63) is 65.9 Å². The van der Waals surface area contributed by atoms with Crippen LogP contribution in [-0.2, 0) is 12.8 Å². The summed E-state index contributed by atoms with van der Waals surface area (Å²) >= 11 is 5.69. The van der Waals surface area contributed by atoms with Crippen LogP contribution in [0.4, 0.5) is 17.5 Å². The molecule has 0 unspecified atom stereocenters. The van der Waals surface area contributed by atoms with E-state index >= 15 is 0 Å². The number of thiocarbonyl (C=S) groups is 1. The van der Waals surface area contributed by atoms with Crippen molar-refractivity contribution in [1.29, 1.82) is 0 Å². The van der Waals surface area contributed by atoms with E-state index in [4.69, 9.17) is 22.2 Å². The molecule has 188 valence electrons. The Labute approximate surface area is 219 Å². The topological polar surface area (TPSA) is 65.1 Å². The molecule has 0 aliphatic heterocycles. The molecule has 1 heterocycles. The standard InChI is InChI=1S/C29H36N6S/c1-35(2)27-24-13-7-9-15-26(24)32-28(34-27)30-21-16-18-22(19-17-21)31-29(36)33-25-14-8-6-12-23(25)20-10-4-3-5-11-20/h3-6,8,10-12,14,21-22H,7,9,13,15-19H2,1-2H3,(H,30,32,34)(H2,31,33,36). The fourth-order valence-corrected chi connectivity index (χ4v) is 5.66. The van der Waals surface area contributed by atoms with E-state index in [-0.39, 0.29) is 0 Å². The summed E-state index contributed by atoms with van der Waals surface area (Å²) in [5.74, 6) is 1.86. The number of hydrogen-bond donors (Lipinski definition) is 3. The second-order valence-corrected chi connectivity index (χ2v) is 10.5. The molecular weight excluding hydrogens is 464 g/mol. The van der Waals surface area contributed by atoms with Crippen molar-refractivity contribution in [3.8, 4) is 11.1 Å². The van der Waals surface area contributed by atoms with Crippen LogP contribution in [0.5, 0.6) is 0 Å². The highest BCUT2D eigenvalue weighted by atomic mass is 32.1. The molecule has 0 spiro atoms. The summed E-state index contributed by atoms with van der Waals surface area (Å²) in [5.41, 5.74) is 5.91. The number of benzene rings is 2. The molecular formula is C29H36N6S. The quantitative estimate of drug-likeness (QED) is 0.370. The minimum absolute atomic E-state index is 0.369. The molecule has 3 aromatic rings. The first kappa shape index (κ1) is 24.5. The van der Waals surface area contributed by atoms with Gasteiger partial charge in [0.25, 0.3) is 0 Å². The van der Waals surface area contributed by atoms with E-state index < -0.39 is 0 Å². The van der Waals surface area contributed by atoms with Crippen molar-refractivity contribution in [2.45, 2.75) is 63.5 Å². The lowest BCUT2D eigenvalue weighted by atomic mass is 9.91. The Morgan fingerprint density at radius 1 is 0.861 bits per heavy atom. The summed E-state index contributed by atoms with van der Waals surface area (Å²) in [7, 11) is 4.15. The first-order valence-electron chi connectivity index (χ1n) is 13.1. The Balaban J connectivity index is 1.16. The lowest BCUT2D eigenvalue weighted by Crippen LogP contribution is -2.42. The van der Waals surface area contributed by atoms with Crippen molar-refractivity contribution >= 4 is 34.8 Å². The molecule has 0 saturated heterocycles. The highest BCUT2D eigenvalue weighted by molar-refractivity contribution is 7.80. The third kappa shape index (κ3) is 5.78. The van der Waals surface area contributed by atoms with Crippen LogP contribution in [0.15, 0.2) is 54.6 Å². The number of aromatic nitrogens is 2. The summed E-state index contributed by atoms with van der Waals surface area (Å²) in [6, 6.07) is 19.5. The average molecular weight is 501 g/mol. The minimum Gasteiger partial charge on any atom is -0.362 e. The number of rotatable bonds is 6. The van der Waals surface area contributed by atoms with E-state index in [1.165, 1.54) is 29.7 Å². The Kier molecular flexibility index (Phi) is 7.66. The predicted molar refractivity (Wildman–Crippen MR) is 154 cm³/mol. The molecule has 5 rings (SSSR count). The van der Waals surface area contributed by atoms with Crippen LogP contribution in [0.1, 0.15) is 49.8 Å². The number of hydrogen-bond acceptors (Lipinski definition) is 5. The van der Waals surface area contributed by atoms with E-state index in [2.05, 4.69) is 77.4 Å². The van der Waals surface area contributed by atoms with Crippen LogP contribution in [0.25, 0.3) is 11.1 Å². The van der Waals surface area contributed by atoms with Crippen molar-refractivity contribution in [2.24, 2.45) is 0 Å². The zero-order valence-corrected chi connectivity index (χ0v) is 22.1. The zero-order valence-electron chi connectivity index (χ0n) is 21.3. The van der Waals surface area contributed by atoms with Crippen molar-refractivity contribution in [1.82, 2.24) is 15.3 Å². The molecule has 36 heavy (non-hydrogen) atoms. The normalized spacial score (nSPS) is 19.2. The van der Waals surface area contributed by atoms with Gasteiger partial charge in [-0.15, -0.1) is 0 Å². The van der Waals surface area contributed by atoms with Gasteiger partial charge in [-0.05, 0) is 75.2 Å². The summed E-state index contributed by atoms with van der Waals surface area (Å²) in [5, 5.41) is 11.3. The highest BCUT2D eigenvalue weighted by Gasteiger charge is 2.24. The molecule has 3 N–H and O–H groups in total. The van der Waals surface area contributed by atoms with Gasteiger partial charge in [0.2, 0.25) is 5.95 Å². The van der Waals surface area contributed by atoms with Gasteiger partial charge in [-0.3, -0.25) is 0 Å². The van der Waals surface area contributed by atoms with Crippen molar-refractivity contribution in [2.75, 3.05) is 29.6 Å². The van der Waals surface area contributed by atoms with E-state index in [0.717, 1.165) is 61.5 Å². The molecule has 1 aromatic heterocycles. The van der Waals surface area contributed by atoms with Crippen LogP contribution in [-0.4, -0.2) is 41.3 Å². The molecule has 1 saturated carbocycles. The van der Waals surface area contributed by atoms with Gasteiger partial charge in [-0.1, -0.05) is 48.5 Å². The summed E-state index contributed by atoms with van der Waals surface area (Å²) in [6.07, 6.45) is 8.85. The van der Waals surface area contributed by atoms with Crippen LogP contribution < -0.4 is 20.9 Å². The maximum absolute atomic E-state index is 5.69. The van der Waals surface area contributed by atoms with Gasteiger partial charge in [0.1, 0.15) is 5.82 Å². The van der Waals surface area contributed by atoms with E-state index in [9.17, 15) is 0 Å². The molecule has 7 heteroatoms. The molecule has 1 fully saturated rings. The first-order valence-corrected chi connectivity index (χ1v) is 13.5. The maximum atomic E-state index is 5.69. The molecule has 2 aliphatic carbocycles. The largest absolute Gasteiger partial charge is 0.362 e. The predicted octanol–water partition coefficient (Wildman–Crippen LogP) is 5.80. The van der Waals surface area contributed by atoms with Gasteiger partial charge in [0, 0.05) is 43.0 Å². The monoisotopic (exact) mass is 500 g/mol. The third-order valence-electron chi connectivity index (χ3n) is 7.24. The second-order valence-electron chi connectivity index (χ2n) is 10.1. The van der Waals surface area contributed by atoms with Crippen LogP contribution >= 0.6 is 12.2 Å². The Morgan fingerprint density at radius 2 is 1.56 bits per heavy atom. The molecule has 6 nitrogen and oxygen atoms in total. The number of nitrogens with one attached hydrogen (secondary N) is 3. The molecule has 2 aromatic carbocycles. The summed E-state index contributed by atoms with van der Waals surface area (Å²) in [4.78, 5) is 11.9. The number of para-hydroxylation sites is 1. The second kappa shape index (κ2) is 11.2. The van der Waals surface area contributed by atoms with Crippen LogP contribution in [0.3, 0.4) is 0 Å². The van der Waals surface area contributed by atoms with Gasteiger partial charge in [0.15, 0.2) is 5.11 Å². The Hall–Kier alpha value is -3.19. The highest BCUT2D eigenvalue weighted by Crippen LogP contribution is 2.30. The van der Waals surface area contributed by atoms with Gasteiger partial charge >= 0.3 is 0 Å². The van der Waals surface area contributed by atoms with Crippen molar-refractivity contribution < 1.29 is 0 Å². The number of anilines is 3. The van der Waals surface area contributed by atoms with E-state index in [0.29, 0.717) is 17.2 Å². The molecule has 0 radical (unpaired) electrons. The van der Waals surface area contributed by atoms with Gasteiger partial charge in [-0.2, -0.15) is 4.98 Å². The lowest BCUT2D eigenvalue weighted by molar-refractivity contribution is 0.387. The summed E-state index contributed by atoms with van der Waals surface area (Å²) < 4.78 is 0. The minimum atomic E-state index is 0.369. The average Bonchev–Trinajstić information content (AvgIpc) is 2.90. The van der Waals surface area contributed by atoms with E-state index in [1.54, 1.807) is 0 Å². The lowest BCUT2D eigenvalue weighted by Gasteiger charge is -2.31. The Bertz CT molecular complexity index is 1190. The van der Waals surface area contributed by atoms with E-state index in [1.807, 2.05) is 12.1 Å². The Morgan fingerprint density at radius 3 is 2.33 bits per heavy atom. The number of aryl methyl sites for hydroxylation is 1. The smallest absolute Gasteiger partial charge is 0.225 e. The molecule has 2 aliphatic rings.